The Morgan fingerprint density at radius 3 is 2.71 bits per heavy atom. The molecule has 0 unspecified atom stereocenters. The predicted octanol–water partition coefficient (Wildman–Crippen LogP) is 2.56. The number of halogens is 1. The minimum Gasteiger partial charge on any atom is -0.319 e. The molecule has 2 rings (SSSR count). The van der Waals surface area contributed by atoms with Gasteiger partial charge in [0.05, 0.1) is 11.5 Å². The minimum absolute atomic E-state index is 0. The van der Waals surface area contributed by atoms with E-state index in [4.69, 9.17) is 5.41 Å². The normalized spacial score (nSPS) is 9.65. The van der Waals surface area contributed by atoms with E-state index in [9.17, 15) is 10.1 Å². The van der Waals surface area contributed by atoms with Crippen molar-refractivity contribution in [3.63, 3.8) is 0 Å². The highest BCUT2D eigenvalue weighted by Crippen LogP contribution is 2.18. The van der Waals surface area contributed by atoms with Crippen molar-refractivity contribution in [1.82, 2.24) is 4.57 Å². The highest BCUT2D eigenvalue weighted by molar-refractivity contribution is 8.93. The highest BCUT2D eigenvalue weighted by atomic mass is 79.9. The molecule has 5 nitrogen and oxygen atoms in total. The zero-order valence-electron chi connectivity index (χ0n) is 8.70. The fraction of sp³-hybridized carbons (Fsp3) is 0.100. The van der Waals surface area contributed by atoms with Gasteiger partial charge in [0.1, 0.15) is 0 Å². The van der Waals surface area contributed by atoms with Crippen molar-refractivity contribution in [3.05, 3.63) is 56.3 Å². The van der Waals surface area contributed by atoms with Gasteiger partial charge in [-0.15, -0.1) is 28.3 Å². The first kappa shape index (κ1) is 13.6. The van der Waals surface area contributed by atoms with Gasteiger partial charge in [-0.1, -0.05) is 18.2 Å². The quantitative estimate of drug-likeness (QED) is 0.698. The van der Waals surface area contributed by atoms with Crippen LogP contribution in [0.5, 0.6) is 0 Å². The molecule has 0 saturated carbocycles. The maximum atomic E-state index is 10.8. The van der Waals surface area contributed by atoms with E-state index in [0.717, 1.165) is 0 Å². The largest absolute Gasteiger partial charge is 0.319 e. The minimum atomic E-state index is -0.397. The number of nitrogens with one attached hydrogen (secondary N) is 1. The van der Waals surface area contributed by atoms with Crippen LogP contribution in [0.4, 0.5) is 5.69 Å². The summed E-state index contributed by atoms with van der Waals surface area (Å²) in [5, 5.41) is 20.2. The number of hydrogen-bond acceptors (Lipinski definition) is 4. The molecule has 0 radical (unpaired) electrons. The van der Waals surface area contributed by atoms with E-state index in [2.05, 4.69) is 0 Å². The lowest BCUT2D eigenvalue weighted by Crippen LogP contribution is -2.13. The molecular weight excluding hydrogens is 306 g/mol. The van der Waals surface area contributed by atoms with Crippen molar-refractivity contribution in [1.29, 1.82) is 5.41 Å². The van der Waals surface area contributed by atoms with Crippen LogP contribution in [0.15, 0.2) is 35.8 Å². The molecule has 17 heavy (non-hydrogen) atoms. The van der Waals surface area contributed by atoms with Crippen LogP contribution in [0.2, 0.25) is 0 Å². The number of rotatable bonds is 3. The van der Waals surface area contributed by atoms with Crippen LogP contribution in [0.3, 0.4) is 0 Å². The average molecular weight is 316 g/mol. The molecule has 0 aliphatic carbocycles. The number of nitro benzene ring substituents is 1. The van der Waals surface area contributed by atoms with Gasteiger partial charge in [0, 0.05) is 23.2 Å². The number of aromatic nitrogens is 1. The zero-order chi connectivity index (χ0) is 11.5. The molecule has 1 aromatic carbocycles. The van der Waals surface area contributed by atoms with Crippen molar-refractivity contribution >= 4 is 34.0 Å². The third-order valence-electron chi connectivity index (χ3n) is 2.21. The van der Waals surface area contributed by atoms with E-state index in [1.807, 2.05) is 0 Å². The third kappa shape index (κ3) is 3.01. The van der Waals surface area contributed by atoms with Crippen molar-refractivity contribution in [3.8, 4) is 0 Å². The summed E-state index contributed by atoms with van der Waals surface area (Å²) in [6.45, 7) is 0.361. The van der Waals surface area contributed by atoms with Crippen LogP contribution in [-0.4, -0.2) is 9.49 Å². The Kier molecular flexibility index (Phi) is 4.59. The first-order valence-corrected chi connectivity index (χ1v) is 5.47. The Labute approximate surface area is 112 Å². The molecule has 0 atom stereocenters. The van der Waals surface area contributed by atoms with Gasteiger partial charge in [0.15, 0.2) is 4.80 Å². The number of benzene rings is 1. The summed E-state index contributed by atoms with van der Waals surface area (Å²) in [6.07, 6.45) is 1.75. The smallest absolute Gasteiger partial charge is 0.274 e. The van der Waals surface area contributed by atoms with E-state index in [1.165, 1.54) is 17.4 Å². The fourth-order valence-electron chi connectivity index (χ4n) is 1.43. The van der Waals surface area contributed by atoms with Crippen LogP contribution < -0.4 is 4.80 Å². The summed E-state index contributed by atoms with van der Waals surface area (Å²) in [7, 11) is 0. The van der Waals surface area contributed by atoms with Gasteiger partial charge in [0.2, 0.25) is 0 Å². The molecule has 0 spiro atoms. The van der Waals surface area contributed by atoms with Crippen LogP contribution in [0.1, 0.15) is 5.56 Å². The molecule has 1 aromatic heterocycles. The van der Waals surface area contributed by atoms with Gasteiger partial charge >= 0.3 is 0 Å². The van der Waals surface area contributed by atoms with Gasteiger partial charge in [-0.2, -0.15) is 0 Å². The number of nitro groups is 1. The summed E-state index contributed by atoms with van der Waals surface area (Å²) in [5.74, 6) is 0. The lowest BCUT2D eigenvalue weighted by atomic mass is 10.2. The second kappa shape index (κ2) is 5.74. The standard InChI is InChI=1S/C10H9N3O2S.BrH/c11-10-12(5-6-16-10)7-8-3-1-2-4-9(8)13(14)15;/h1-6,11H,7H2;1H. The van der Waals surface area contributed by atoms with E-state index < -0.39 is 4.92 Å². The van der Waals surface area contributed by atoms with Crippen molar-refractivity contribution in [2.24, 2.45) is 0 Å². The van der Waals surface area contributed by atoms with Crippen LogP contribution >= 0.6 is 28.3 Å². The maximum absolute atomic E-state index is 10.8. The zero-order valence-corrected chi connectivity index (χ0v) is 11.2. The fourth-order valence-corrected chi connectivity index (χ4v) is 2.03. The Hall–Kier alpha value is -1.47. The van der Waals surface area contributed by atoms with Crippen LogP contribution in [0.25, 0.3) is 0 Å². The molecule has 2 aromatic rings. The van der Waals surface area contributed by atoms with Crippen molar-refractivity contribution in [2.45, 2.75) is 6.54 Å². The van der Waals surface area contributed by atoms with E-state index >= 15 is 0 Å². The molecule has 1 heterocycles. The number of para-hydroxylation sites is 1. The van der Waals surface area contributed by atoms with Gasteiger partial charge in [0.25, 0.3) is 5.69 Å². The van der Waals surface area contributed by atoms with Gasteiger partial charge in [-0.25, -0.2) is 0 Å². The Bertz CT molecular complexity index is 579. The third-order valence-corrected chi connectivity index (χ3v) is 2.93. The first-order chi connectivity index (χ1) is 7.68. The predicted molar refractivity (Wildman–Crippen MR) is 70.7 cm³/mol. The molecule has 1 N–H and O–H groups in total. The first-order valence-electron chi connectivity index (χ1n) is 4.59. The van der Waals surface area contributed by atoms with Gasteiger partial charge in [-0.05, 0) is 0 Å². The van der Waals surface area contributed by atoms with Crippen molar-refractivity contribution < 1.29 is 4.92 Å². The van der Waals surface area contributed by atoms with E-state index in [0.29, 0.717) is 16.9 Å². The Morgan fingerprint density at radius 2 is 2.12 bits per heavy atom. The molecule has 7 heteroatoms. The highest BCUT2D eigenvalue weighted by Gasteiger charge is 2.12. The Morgan fingerprint density at radius 1 is 1.41 bits per heavy atom. The summed E-state index contributed by atoms with van der Waals surface area (Å²) < 4.78 is 1.67. The molecule has 0 aliphatic heterocycles. The van der Waals surface area contributed by atoms with E-state index in [1.54, 1.807) is 34.3 Å². The molecule has 0 fully saturated rings. The van der Waals surface area contributed by atoms with Gasteiger partial charge < -0.3 is 4.57 Å². The summed E-state index contributed by atoms with van der Waals surface area (Å²) >= 11 is 1.30. The molecular formula is C10H10BrN3O2S. The van der Waals surface area contributed by atoms with E-state index in [-0.39, 0.29) is 22.7 Å². The average Bonchev–Trinajstić information content (AvgIpc) is 2.65. The second-order valence-corrected chi connectivity index (χ2v) is 4.12. The lowest BCUT2D eigenvalue weighted by Gasteiger charge is -2.03. The van der Waals surface area contributed by atoms with Crippen LogP contribution in [0, 0.1) is 15.5 Å². The van der Waals surface area contributed by atoms with Crippen molar-refractivity contribution in [2.75, 3.05) is 0 Å². The molecule has 0 amide bonds. The van der Waals surface area contributed by atoms with Crippen LogP contribution in [-0.2, 0) is 6.54 Å². The topological polar surface area (TPSA) is 71.9 Å². The Balaban J connectivity index is 0.00000144. The molecule has 0 aliphatic rings. The summed E-state index contributed by atoms with van der Waals surface area (Å²) in [5.41, 5.74) is 0.713. The monoisotopic (exact) mass is 315 g/mol. The number of thiazole rings is 1. The second-order valence-electron chi connectivity index (χ2n) is 3.22. The summed E-state index contributed by atoms with van der Waals surface area (Å²) in [6, 6.07) is 6.59. The lowest BCUT2D eigenvalue weighted by molar-refractivity contribution is -0.385. The maximum Gasteiger partial charge on any atom is 0.274 e. The molecule has 90 valence electrons. The SMILES string of the molecule is Br.N=c1sccn1Cc1ccccc1[N+](=O)[O-]. The summed E-state index contributed by atoms with van der Waals surface area (Å²) in [4.78, 5) is 10.8. The molecule has 0 bridgehead atoms. The number of hydrogen-bond donors (Lipinski definition) is 1. The number of nitrogens with zero attached hydrogens (tertiary/aromatic N) is 2. The van der Waals surface area contributed by atoms with Gasteiger partial charge in [-0.3, -0.25) is 15.5 Å². The molecule has 0 saturated heterocycles.